The normalized spacial score (nSPS) is 18.5. The lowest BCUT2D eigenvalue weighted by molar-refractivity contribution is -0.559. The molecule has 2 rings (SSSR count). The minimum absolute atomic E-state index is 0.598. The molecule has 0 bridgehead atoms. The first kappa shape index (κ1) is 9.38. The number of piperidine rings is 1. The molecule has 14 heavy (non-hydrogen) atoms. The number of benzene rings is 1. The minimum Gasteiger partial charge on any atom is -0.0590 e. The molecular formula is C12H16NO+. The van der Waals surface area contributed by atoms with E-state index in [0.29, 0.717) is 19.0 Å². The summed E-state index contributed by atoms with van der Waals surface area (Å²) < 4.78 is 1.17. The Kier molecular flexibility index (Phi) is 2.62. The van der Waals surface area contributed by atoms with Crippen LogP contribution < -0.4 is 0 Å². The predicted octanol–water partition coefficient (Wildman–Crippen LogP) is 2.65. The summed E-state index contributed by atoms with van der Waals surface area (Å²) in [4.78, 5) is 11.0. The molecule has 1 heterocycles. The Morgan fingerprint density at radius 1 is 1.14 bits per heavy atom. The molecule has 1 aliphatic rings. The lowest BCUT2D eigenvalue weighted by Crippen LogP contribution is -2.22. The van der Waals surface area contributed by atoms with Crippen molar-refractivity contribution in [2.24, 2.45) is 0 Å². The molecule has 1 fully saturated rings. The van der Waals surface area contributed by atoms with Crippen LogP contribution in [0.4, 0.5) is 0 Å². The summed E-state index contributed by atoms with van der Waals surface area (Å²) in [5.74, 6) is 0.598. The largest absolute Gasteiger partial charge is 0.192 e. The second-order valence-corrected chi connectivity index (χ2v) is 4.11. The topological polar surface area (TPSA) is 20.1 Å². The van der Waals surface area contributed by atoms with E-state index >= 15 is 0 Å². The quantitative estimate of drug-likeness (QED) is 0.623. The van der Waals surface area contributed by atoms with Crippen LogP contribution in [0.3, 0.4) is 0 Å². The summed E-state index contributed by atoms with van der Waals surface area (Å²) in [5.41, 5.74) is 2.69. The lowest BCUT2D eigenvalue weighted by Gasteiger charge is -2.17. The van der Waals surface area contributed by atoms with Gasteiger partial charge in [-0.2, -0.15) is 0 Å². The number of rotatable bonds is 1. The summed E-state index contributed by atoms with van der Waals surface area (Å²) >= 11 is 0. The van der Waals surface area contributed by atoms with Crippen molar-refractivity contribution >= 4 is 0 Å². The van der Waals surface area contributed by atoms with Crippen LogP contribution in [0.2, 0.25) is 0 Å². The summed E-state index contributed by atoms with van der Waals surface area (Å²) in [5, 5.41) is 0. The van der Waals surface area contributed by atoms with Crippen molar-refractivity contribution in [2.75, 3.05) is 13.1 Å². The zero-order valence-corrected chi connectivity index (χ0v) is 8.57. The van der Waals surface area contributed by atoms with Gasteiger partial charge in [0, 0.05) is 17.7 Å². The van der Waals surface area contributed by atoms with E-state index in [1.54, 1.807) is 0 Å². The van der Waals surface area contributed by atoms with E-state index in [-0.39, 0.29) is 0 Å². The maximum absolute atomic E-state index is 11.0. The average Bonchev–Trinajstić information content (AvgIpc) is 2.21. The molecular weight excluding hydrogens is 174 g/mol. The van der Waals surface area contributed by atoms with E-state index in [0.717, 1.165) is 12.8 Å². The number of aryl methyl sites for hydroxylation is 1. The van der Waals surface area contributed by atoms with E-state index in [1.807, 2.05) is 0 Å². The SMILES string of the molecule is Cc1ccc(C2CC[N+](=O)CC2)cc1. The molecule has 2 heteroatoms. The van der Waals surface area contributed by atoms with Crippen LogP contribution >= 0.6 is 0 Å². The molecule has 1 saturated heterocycles. The molecule has 74 valence electrons. The van der Waals surface area contributed by atoms with Crippen molar-refractivity contribution in [3.63, 3.8) is 0 Å². The van der Waals surface area contributed by atoms with E-state index < -0.39 is 0 Å². The molecule has 1 aromatic carbocycles. The van der Waals surface area contributed by atoms with Crippen LogP contribution in [-0.2, 0) is 0 Å². The van der Waals surface area contributed by atoms with Crippen LogP contribution in [0, 0.1) is 11.8 Å². The van der Waals surface area contributed by atoms with Crippen molar-refractivity contribution in [3.05, 3.63) is 40.3 Å². The number of hydrogen-bond donors (Lipinski definition) is 0. The molecule has 0 spiro atoms. The van der Waals surface area contributed by atoms with Gasteiger partial charge in [-0.1, -0.05) is 29.8 Å². The van der Waals surface area contributed by atoms with Crippen molar-refractivity contribution in [1.29, 1.82) is 0 Å². The molecule has 0 unspecified atom stereocenters. The highest BCUT2D eigenvalue weighted by Gasteiger charge is 2.24. The standard InChI is InChI=1S/C12H16NO/c1-10-2-4-11(5-3-10)12-6-8-13(14)9-7-12/h2-5,12H,6-9H2,1H3/q+1. The van der Waals surface area contributed by atoms with Gasteiger partial charge in [-0.15, -0.1) is 0 Å². The highest BCUT2D eigenvalue weighted by atomic mass is 16.3. The molecule has 0 saturated carbocycles. The molecule has 2 nitrogen and oxygen atoms in total. The Bertz CT molecular complexity index is 319. The number of hydrogen-bond acceptors (Lipinski definition) is 1. The van der Waals surface area contributed by atoms with Crippen LogP contribution in [0.5, 0.6) is 0 Å². The van der Waals surface area contributed by atoms with Gasteiger partial charge in [-0.3, -0.25) is 0 Å². The summed E-state index contributed by atoms with van der Waals surface area (Å²) in [6, 6.07) is 8.69. The number of nitroso groups, excluding NO2 is 1. The maximum atomic E-state index is 11.0. The van der Waals surface area contributed by atoms with Gasteiger partial charge in [-0.25, -0.2) is 0 Å². The van der Waals surface area contributed by atoms with Gasteiger partial charge >= 0.3 is 0 Å². The Labute approximate surface area is 84.5 Å². The van der Waals surface area contributed by atoms with Gasteiger partial charge in [0.1, 0.15) is 0 Å². The maximum Gasteiger partial charge on any atom is 0.192 e. The Morgan fingerprint density at radius 2 is 1.71 bits per heavy atom. The van der Waals surface area contributed by atoms with Gasteiger partial charge in [0.05, 0.1) is 0 Å². The second kappa shape index (κ2) is 3.91. The van der Waals surface area contributed by atoms with Crippen LogP contribution in [0.25, 0.3) is 0 Å². The third kappa shape index (κ3) is 2.00. The van der Waals surface area contributed by atoms with Crippen molar-refractivity contribution < 1.29 is 4.76 Å². The zero-order valence-electron chi connectivity index (χ0n) is 8.57. The predicted molar refractivity (Wildman–Crippen MR) is 56.5 cm³/mol. The summed E-state index contributed by atoms with van der Waals surface area (Å²) in [6.45, 7) is 3.49. The fourth-order valence-electron chi connectivity index (χ4n) is 2.03. The third-order valence-corrected chi connectivity index (χ3v) is 3.00. The van der Waals surface area contributed by atoms with Gasteiger partial charge < -0.3 is 0 Å². The van der Waals surface area contributed by atoms with Crippen molar-refractivity contribution in [1.82, 2.24) is 0 Å². The summed E-state index contributed by atoms with van der Waals surface area (Å²) in [6.07, 6.45) is 2.01. The van der Waals surface area contributed by atoms with Crippen LogP contribution in [-0.4, -0.2) is 17.8 Å². The molecule has 0 aliphatic carbocycles. The first-order valence-electron chi connectivity index (χ1n) is 5.24. The monoisotopic (exact) mass is 190 g/mol. The van der Waals surface area contributed by atoms with Crippen molar-refractivity contribution in [2.45, 2.75) is 25.7 Å². The first-order valence-corrected chi connectivity index (χ1v) is 5.24. The molecule has 1 aromatic rings. The Hall–Kier alpha value is -1.18. The molecule has 0 radical (unpaired) electrons. The third-order valence-electron chi connectivity index (χ3n) is 3.00. The lowest BCUT2D eigenvalue weighted by atomic mass is 9.90. The van der Waals surface area contributed by atoms with Gasteiger partial charge in [0.25, 0.3) is 0 Å². The molecule has 1 aliphatic heterocycles. The van der Waals surface area contributed by atoms with E-state index in [9.17, 15) is 4.91 Å². The van der Waals surface area contributed by atoms with E-state index in [2.05, 4.69) is 31.2 Å². The van der Waals surface area contributed by atoms with Gasteiger partial charge in [-0.05, 0) is 23.2 Å². The van der Waals surface area contributed by atoms with Crippen LogP contribution in [0.1, 0.15) is 29.9 Å². The van der Waals surface area contributed by atoms with Gasteiger partial charge in [0.2, 0.25) is 0 Å². The Balaban J connectivity index is 2.08. The Morgan fingerprint density at radius 3 is 2.29 bits per heavy atom. The van der Waals surface area contributed by atoms with Crippen LogP contribution in [0.15, 0.2) is 24.3 Å². The van der Waals surface area contributed by atoms with E-state index in [4.69, 9.17) is 0 Å². The second-order valence-electron chi connectivity index (χ2n) is 4.11. The average molecular weight is 190 g/mol. The molecule has 0 atom stereocenters. The minimum atomic E-state index is 0.598. The fraction of sp³-hybridized carbons (Fsp3) is 0.500. The zero-order chi connectivity index (χ0) is 9.97. The fourth-order valence-corrected chi connectivity index (χ4v) is 2.03. The molecule has 0 N–H and O–H groups in total. The number of nitrogens with zero attached hydrogens (tertiary/aromatic N) is 1. The van der Waals surface area contributed by atoms with Gasteiger partial charge in [0.15, 0.2) is 13.1 Å². The van der Waals surface area contributed by atoms with E-state index in [1.165, 1.54) is 15.9 Å². The summed E-state index contributed by atoms with van der Waals surface area (Å²) in [7, 11) is 0. The first-order chi connectivity index (χ1) is 6.75. The van der Waals surface area contributed by atoms with Crippen molar-refractivity contribution in [3.8, 4) is 0 Å². The highest BCUT2D eigenvalue weighted by molar-refractivity contribution is 5.24. The molecule has 0 aromatic heterocycles. The molecule has 0 amide bonds. The highest BCUT2D eigenvalue weighted by Crippen LogP contribution is 2.26. The smallest absolute Gasteiger partial charge is 0.0590 e.